The molecule has 0 aliphatic carbocycles. The first-order valence-electron chi connectivity index (χ1n) is 8.71. The monoisotopic (exact) mass is 399 g/mol. The number of β-amino-alcohol motifs (C(OH)–C–C–N with tert-alkyl or cyclic N) is 1. The van der Waals surface area contributed by atoms with E-state index in [1.807, 2.05) is 24.3 Å². The zero-order chi connectivity index (χ0) is 19.7. The van der Waals surface area contributed by atoms with Gasteiger partial charge in [-0.3, -0.25) is 15.0 Å². The molecule has 3 aromatic rings. The third-order valence-corrected chi connectivity index (χ3v) is 5.76. The summed E-state index contributed by atoms with van der Waals surface area (Å²) in [6.45, 7) is 0.176. The molecule has 0 spiro atoms. The number of non-ortho nitro benzene ring substituents is 1. The molecular weight excluding hydrogens is 382 g/mol. The molecule has 1 N–H and O–H groups in total. The maximum absolute atomic E-state index is 12.6. The van der Waals surface area contributed by atoms with Crippen molar-refractivity contribution in [2.75, 3.05) is 6.54 Å². The highest BCUT2D eigenvalue weighted by Gasteiger charge is 2.38. The minimum absolute atomic E-state index is 0.00398. The van der Waals surface area contributed by atoms with E-state index < -0.39 is 17.1 Å². The van der Waals surface area contributed by atoms with Gasteiger partial charge in [-0.25, -0.2) is 9.78 Å². The topological polar surface area (TPSA) is 106 Å². The second kappa shape index (κ2) is 7.53. The molecule has 1 saturated heterocycles. The first-order chi connectivity index (χ1) is 13.5. The maximum Gasteiger partial charge on any atom is 0.410 e. The summed E-state index contributed by atoms with van der Waals surface area (Å²) in [6.07, 6.45) is -0.769. The summed E-state index contributed by atoms with van der Waals surface area (Å²) in [7, 11) is 0. The number of aliphatic hydroxyl groups excluding tert-OH is 1. The summed E-state index contributed by atoms with van der Waals surface area (Å²) in [5, 5.41) is 21.6. The highest BCUT2D eigenvalue weighted by Crippen LogP contribution is 2.37. The zero-order valence-corrected chi connectivity index (χ0v) is 15.5. The molecule has 0 bridgehead atoms. The molecule has 2 atom stereocenters. The Hall–Kier alpha value is -3.04. The van der Waals surface area contributed by atoms with E-state index >= 15 is 0 Å². The molecular formula is C19H17N3O5S. The molecule has 1 aliphatic rings. The van der Waals surface area contributed by atoms with Gasteiger partial charge in [0.05, 0.1) is 33.8 Å². The van der Waals surface area contributed by atoms with Gasteiger partial charge in [-0.1, -0.05) is 12.1 Å². The summed E-state index contributed by atoms with van der Waals surface area (Å²) < 4.78 is 6.40. The Morgan fingerprint density at radius 2 is 2.04 bits per heavy atom. The lowest BCUT2D eigenvalue weighted by molar-refractivity contribution is -0.384. The fourth-order valence-electron chi connectivity index (χ4n) is 3.22. The van der Waals surface area contributed by atoms with E-state index in [9.17, 15) is 20.0 Å². The van der Waals surface area contributed by atoms with Crippen molar-refractivity contribution in [1.82, 2.24) is 9.88 Å². The average Bonchev–Trinajstić information content (AvgIpc) is 3.29. The van der Waals surface area contributed by atoms with Crippen LogP contribution in [0.25, 0.3) is 10.2 Å². The summed E-state index contributed by atoms with van der Waals surface area (Å²) in [5.74, 6) is 0. The molecule has 1 aliphatic heterocycles. The van der Waals surface area contributed by atoms with Gasteiger partial charge in [0, 0.05) is 18.6 Å². The lowest BCUT2D eigenvalue weighted by Crippen LogP contribution is -2.32. The van der Waals surface area contributed by atoms with Crippen molar-refractivity contribution in [3.63, 3.8) is 0 Å². The number of aromatic nitrogens is 1. The number of nitro groups is 1. The van der Waals surface area contributed by atoms with Crippen LogP contribution in [0.3, 0.4) is 0 Å². The fraction of sp³-hybridized carbons (Fsp3) is 0.263. The van der Waals surface area contributed by atoms with Crippen molar-refractivity contribution in [3.8, 4) is 0 Å². The van der Waals surface area contributed by atoms with Crippen LogP contribution in [-0.4, -0.2) is 38.7 Å². The first-order valence-corrected chi connectivity index (χ1v) is 9.53. The summed E-state index contributed by atoms with van der Waals surface area (Å²) in [4.78, 5) is 28.9. The molecule has 0 radical (unpaired) electrons. The van der Waals surface area contributed by atoms with Crippen LogP contribution in [0.1, 0.15) is 23.0 Å². The third-order valence-electron chi connectivity index (χ3n) is 4.62. The zero-order valence-electron chi connectivity index (χ0n) is 14.7. The Balaban J connectivity index is 1.46. The number of carbonyl (C=O) groups is 1. The molecule has 8 nitrogen and oxygen atoms in total. The first kappa shape index (κ1) is 18.3. The fourth-order valence-corrected chi connectivity index (χ4v) is 4.32. The van der Waals surface area contributed by atoms with Gasteiger partial charge in [0.2, 0.25) is 0 Å². The van der Waals surface area contributed by atoms with Crippen molar-refractivity contribution in [1.29, 1.82) is 0 Å². The number of nitrogens with zero attached hydrogens (tertiary/aromatic N) is 3. The molecule has 4 rings (SSSR count). The number of para-hydroxylation sites is 1. The second-order valence-electron chi connectivity index (χ2n) is 6.56. The van der Waals surface area contributed by atoms with Crippen molar-refractivity contribution in [3.05, 3.63) is 69.2 Å². The van der Waals surface area contributed by atoms with Gasteiger partial charge in [0.1, 0.15) is 11.6 Å². The molecule has 0 unspecified atom stereocenters. The van der Waals surface area contributed by atoms with E-state index in [0.717, 1.165) is 15.2 Å². The molecule has 2 heterocycles. The number of fused-ring (bicyclic) bond motifs is 1. The Labute approximate surface area is 164 Å². The molecule has 0 saturated carbocycles. The van der Waals surface area contributed by atoms with Crippen molar-refractivity contribution in [2.24, 2.45) is 0 Å². The molecule has 1 aromatic heterocycles. The van der Waals surface area contributed by atoms with Gasteiger partial charge >= 0.3 is 6.09 Å². The number of amides is 1. The van der Waals surface area contributed by atoms with Crippen LogP contribution in [0.15, 0.2) is 48.5 Å². The number of hydrogen-bond acceptors (Lipinski definition) is 7. The minimum atomic E-state index is -0.635. The summed E-state index contributed by atoms with van der Waals surface area (Å²) >= 11 is 1.50. The van der Waals surface area contributed by atoms with Gasteiger partial charge in [-0.05, 0) is 29.8 Å². The van der Waals surface area contributed by atoms with E-state index in [4.69, 9.17) is 4.74 Å². The van der Waals surface area contributed by atoms with Gasteiger partial charge in [-0.15, -0.1) is 11.3 Å². The van der Waals surface area contributed by atoms with Crippen LogP contribution in [0.5, 0.6) is 0 Å². The number of carbonyl (C=O) groups excluding carboxylic acids is 1. The average molecular weight is 399 g/mol. The number of benzene rings is 2. The summed E-state index contributed by atoms with van der Waals surface area (Å²) in [5.41, 5.74) is 1.49. The van der Waals surface area contributed by atoms with Gasteiger partial charge < -0.3 is 9.84 Å². The minimum Gasteiger partial charge on any atom is -0.445 e. The van der Waals surface area contributed by atoms with Gasteiger partial charge in [-0.2, -0.15) is 0 Å². The highest BCUT2D eigenvalue weighted by molar-refractivity contribution is 7.18. The maximum atomic E-state index is 12.6. The number of ether oxygens (including phenoxy) is 1. The van der Waals surface area contributed by atoms with Crippen LogP contribution in [0.2, 0.25) is 0 Å². The molecule has 28 heavy (non-hydrogen) atoms. The predicted molar refractivity (Wildman–Crippen MR) is 103 cm³/mol. The van der Waals surface area contributed by atoms with Crippen LogP contribution in [0, 0.1) is 10.1 Å². The molecule has 9 heteroatoms. The molecule has 1 fully saturated rings. The Morgan fingerprint density at radius 1 is 1.29 bits per heavy atom. The lowest BCUT2D eigenvalue weighted by Gasteiger charge is -2.22. The number of nitro benzene ring substituents is 1. The Bertz CT molecular complexity index is 987. The van der Waals surface area contributed by atoms with E-state index in [1.54, 1.807) is 12.1 Å². The smallest absolute Gasteiger partial charge is 0.410 e. The number of likely N-dealkylation sites (tertiary alicyclic amines) is 1. The van der Waals surface area contributed by atoms with Crippen LogP contribution < -0.4 is 0 Å². The number of hydrogen-bond donors (Lipinski definition) is 1. The molecule has 144 valence electrons. The third kappa shape index (κ3) is 3.67. The van der Waals surface area contributed by atoms with Crippen molar-refractivity contribution in [2.45, 2.75) is 25.2 Å². The number of rotatable bonds is 4. The molecule has 2 aromatic carbocycles. The van der Waals surface area contributed by atoms with E-state index in [1.165, 1.54) is 28.4 Å². The predicted octanol–water partition coefficient (Wildman–Crippen LogP) is 3.65. The van der Waals surface area contributed by atoms with Gasteiger partial charge in [0.25, 0.3) is 5.69 Å². The Kier molecular flexibility index (Phi) is 4.93. The van der Waals surface area contributed by atoms with Crippen LogP contribution in [0.4, 0.5) is 10.5 Å². The van der Waals surface area contributed by atoms with E-state index in [2.05, 4.69) is 4.98 Å². The quantitative estimate of drug-likeness (QED) is 0.530. The number of aliphatic hydroxyl groups is 1. The lowest BCUT2D eigenvalue weighted by atomic mass is 10.2. The van der Waals surface area contributed by atoms with Crippen LogP contribution in [-0.2, 0) is 11.3 Å². The van der Waals surface area contributed by atoms with Crippen LogP contribution >= 0.6 is 11.3 Å². The normalized spacial score (nSPS) is 19.1. The largest absolute Gasteiger partial charge is 0.445 e. The van der Waals surface area contributed by atoms with E-state index in [0.29, 0.717) is 12.0 Å². The highest BCUT2D eigenvalue weighted by atomic mass is 32.1. The second-order valence-corrected chi connectivity index (χ2v) is 7.62. The standard InChI is InChI=1S/C19H17N3O5S/c23-14-9-16(18-20-15-3-1-2-4-17(15)28-18)21(10-14)19(24)27-11-12-5-7-13(8-6-12)22(25)26/h1-8,14,16,23H,9-11H2/t14-,16-/m1/s1. The van der Waals surface area contributed by atoms with Crippen molar-refractivity contribution < 1.29 is 19.6 Å². The summed E-state index contributed by atoms with van der Waals surface area (Å²) in [6, 6.07) is 13.2. The van der Waals surface area contributed by atoms with Gasteiger partial charge in [0.15, 0.2) is 0 Å². The Morgan fingerprint density at radius 3 is 2.75 bits per heavy atom. The SMILES string of the molecule is O=C(OCc1ccc([N+](=O)[O-])cc1)N1C[C@H](O)C[C@@H]1c1nc2ccccc2s1. The number of thiazole rings is 1. The van der Waals surface area contributed by atoms with Crippen molar-refractivity contribution >= 4 is 33.3 Å². The van der Waals surface area contributed by atoms with E-state index in [-0.39, 0.29) is 24.9 Å². The molecule has 1 amide bonds.